The van der Waals surface area contributed by atoms with Crippen molar-refractivity contribution in [1.82, 2.24) is 5.32 Å². The van der Waals surface area contributed by atoms with E-state index in [0.717, 1.165) is 19.4 Å². The van der Waals surface area contributed by atoms with Crippen molar-refractivity contribution in [2.75, 3.05) is 6.54 Å². The van der Waals surface area contributed by atoms with Gasteiger partial charge in [0.2, 0.25) is 5.78 Å². The summed E-state index contributed by atoms with van der Waals surface area (Å²) in [7, 11) is -1.96. The van der Waals surface area contributed by atoms with Gasteiger partial charge in [-0.15, -0.1) is 0 Å². The summed E-state index contributed by atoms with van der Waals surface area (Å²) in [4.78, 5) is 8.50. The molecule has 1 heterocycles. The lowest BCUT2D eigenvalue weighted by Crippen LogP contribution is -2.16. The highest BCUT2D eigenvalue weighted by Crippen LogP contribution is 2.26. The van der Waals surface area contributed by atoms with Crippen LogP contribution in [0.3, 0.4) is 0 Å². The highest BCUT2D eigenvalue weighted by molar-refractivity contribution is 7.38. The molecule has 4 heteroatoms. The summed E-state index contributed by atoms with van der Waals surface area (Å²) in [6.07, 6.45) is 1.89. The highest BCUT2D eigenvalue weighted by atomic mass is 31.1. The number of hydrogen-bond donors (Lipinski definition) is 2. The topological polar surface area (TPSA) is 49.3 Å². The van der Waals surface area contributed by atoms with Crippen LogP contribution in [0.4, 0.5) is 0 Å². The standard InChI is InChI=1S/C4H8NO2P/c6-8(7)4-2-1-3-5-4/h4-5H,1-3H2/p+1/t4-/m1/s1. The molecule has 0 bridgehead atoms. The molecule has 0 aromatic rings. The minimum absolute atomic E-state index is 0.120. The molecule has 1 rings (SSSR count). The predicted molar refractivity (Wildman–Crippen MR) is 30.8 cm³/mol. The van der Waals surface area contributed by atoms with E-state index in [-0.39, 0.29) is 5.78 Å². The van der Waals surface area contributed by atoms with Gasteiger partial charge in [-0.3, -0.25) is 5.32 Å². The van der Waals surface area contributed by atoms with Gasteiger partial charge in [0.1, 0.15) is 0 Å². The van der Waals surface area contributed by atoms with E-state index in [4.69, 9.17) is 4.89 Å². The zero-order valence-corrected chi connectivity index (χ0v) is 5.40. The Labute approximate surface area is 49.0 Å². The van der Waals surface area contributed by atoms with E-state index in [9.17, 15) is 4.57 Å². The third kappa shape index (κ3) is 1.25. The van der Waals surface area contributed by atoms with Crippen LogP contribution in [0.15, 0.2) is 0 Å². The largest absolute Gasteiger partial charge is 0.524 e. The Morgan fingerprint density at radius 1 is 1.75 bits per heavy atom. The quantitative estimate of drug-likeness (QED) is 0.511. The zero-order valence-electron chi connectivity index (χ0n) is 4.50. The van der Waals surface area contributed by atoms with E-state index < -0.39 is 8.03 Å². The van der Waals surface area contributed by atoms with Crippen LogP contribution < -0.4 is 5.32 Å². The van der Waals surface area contributed by atoms with Crippen LogP contribution in [0.2, 0.25) is 0 Å². The predicted octanol–water partition coefficient (Wildman–Crippen LogP) is 0.431. The molecule has 0 amide bonds. The molecule has 0 radical (unpaired) electrons. The Morgan fingerprint density at radius 2 is 2.50 bits per heavy atom. The first-order chi connectivity index (χ1) is 3.80. The molecule has 0 spiro atoms. The first kappa shape index (κ1) is 6.14. The highest BCUT2D eigenvalue weighted by Gasteiger charge is 2.31. The summed E-state index contributed by atoms with van der Waals surface area (Å²) >= 11 is 0. The Morgan fingerprint density at radius 3 is 2.75 bits per heavy atom. The average Bonchev–Trinajstić information content (AvgIpc) is 2.12. The molecule has 2 N–H and O–H groups in total. The summed E-state index contributed by atoms with van der Waals surface area (Å²) in [6, 6.07) is 0. The molecule has 46 valence electrons. The summed E-state index contributed by atoms with van der Waals surface area (Å²) in [5, 5.41) is 2.92. The van der Waals surface area contributed by atoms with Crippen LogP contribution in [0, 0.1) is 0 Å². The second-order valence-electron chi connectivity index (χ2n) is 1.91. The third-order valence-corrected chi connectivity index (χ3v) is 2.27. The van der Waals surface area contributed by atoms with Gasteiger partial charge in [-0.1, -0.05) is 0 Å². The van der Waals surface area contributed by atoms with Crippen molar-refractivity contribution in [3.8, 4) is 0 Å². The van der Waals surface area contributed by atoms with E-state index in [1.54, 1.807) is 0 Å². The monoisotopic (exact) mass is 134 g/mol. The molecule has 0 saturated carbocycles. The van der Waals surface area contributed by atoms with Gasteiger partial charge in [0.05, 0.1) is 0 Å². The fourth-order valence-electron chi connectivity index (χ4n) is 0.855. The van der Waals surface area contributed by atoms with Crippen molar-refractivity contribution in [1.29, 1.82) is 0 Å². The van der Waals surface area contributed by atoms with E-state index in [0.29, 0.717) is 0 Å². The van der Waals surface area contributed by atoms with Crippen molar-refractivity contribution in [2.45, 2.75) is 18.6 Å². The Kier molecular flexibility index (Phi) is 1.95. The molecule has 1 unspecified atom stereocenters. The lowest BCUT2D eigenvalue weighted by Gasteiger charge is -1.87. The van der Waals surface area contributed by atoms with E-state index in [2.05, 4.69) is 5.32 Å². The van der Waals surface area contributed by atoms with Gasteiger partial charge < -0.3 is 0 Å². The van der Waals surface area contributed by atoms with Crippen LogP contribution in [0.1, 0.15) is 12.8 Å². The zero-order chi connectivity index (χ0) is 5.98. The van der Waals surface area contributed by atoms with Gasteiger partial charge in [-0.05, 0) is 17.5 Å². The minimum atomic E-state index is -1.96. The molecule has 1 aliphatic rings. The first-order valence-corrected chi connectivity index (χ1v) is 3.97. The molecule has 1 saturated heterocycles. The molecule has 1 aliphatic heterocycles. The Hall–Kier alpha value is 0.0200. The molecule has 0 aromatic heterocycles. The Balaban J connectivity index is 2.35. The number of rotatable bonds is 1. The van der Waals surface area contributed by atoms with Crippen molar-refractivity contribution in [3.63, 3.8) is 0 Å². The summed E-state index contributed by atoms with van der Waals surface area (Å²) in [5.74, 6) is -0.120. The third-order valence-electron chi connectivity index (χ3n) is 1.30. The van der Waals surface area contributed by atoms with Crippen LogP contribution in [-0.4, -0.2) is 17.2 Å². The van der Waals surface area contributed by atoms with Gasteiger partial charge in [0.25, 0.3) is 0 Å². The van der Waals surface area contributed by atoms with Crippen LogP contribution in [0.5, 0.6) is 0 Å². The summed E-state index contributed by atoms with van der Waals surface area (Å²) in [6.45, 7) is 0.895. The van der Waals surface area contributed by atoms with Crippen LogP contribution in [0.25, 0.3) is 0 Å². The molecular weight excluding hydrogens is 125 g/mol. The van der Waals surface area contributed by atoms with Crippen molar-refractivity contribution in [2.24, 2.45) is 0 Å². The molecule has 3 nitrogen and oxygen atoms in total. The van der Waals surface area contributed by atoms with Crippen molar-refractivity contribution in [3.05, 3.63) is 0 Å². The molecule has 0 aliphatic carbocycles. The number of hydrogen-bond acceptors (Lipinski definition) is 2. The summed E-state index contributed by atoms with van der Waals surface area (Å²) in [5.41, 5.74) is 0. The number of nitrogens with one attached hydrogen (secondary N) is 1. The molecule has 8 heavy (non-hydrogen) atoms. The maximum Gasteiger partial charge on any atom is 0.524 e. The second-order valence-corrected chi connectivity index (χ2v) is 3.14. The van der Waals surface area contributed by atoms with Crippen LogP contribution >= 0.6 is 8.03 Å². The fourth-order valence-corrected chi connectivity index (χ4v) is 1.54. The molecule has 1 fully saturated rings. The van der Waals surface area contributed by atoms with Gasteiger partial charge in [0.15, 0.2) is 0 Å². The lowest BCUT2D eigenvalue weighted by atomic mass is 10.4. The normalized spacial score (nSPS) is 30.6. The van der Waals surface area contributed by atoms with E-state index in [1.807, 2.05) is 0 Å². The molecule has 0 aromatic carbocycles. The van der Waals surface area contributed by atoms with Gasteiger partial charge in [-0.25, -0.2) is 0 Å². The van der Waals surface area contributed by atoms with E-state index >= 15 is 0 Å². The maximum atomic E-state index is 10.3. The Bertz CT molecular complexity index is 100. The smallest absolute Gasteiger partial charge is 0.271 e. The average molecular weight is 134 g/mol. The fraction of sp³-hybridized carbons (Fsp3) is 1.00. The molecular formula is C4H9NO2P+. The van der Waals surface area contributed by atoms with Gasteiger partial charge in [-0.2, -0.15) is 4.89 Å². The summed E-state index contributed by atoms with van der Waals surface area (Å²) < 4.78 is 10.3. The van der Waals surface area contributed by atoms with Crippen molar-refractivity contribution < 1.29 is 9.46 Å². The SMILES string of the molecule is O=[P+](O)[C@@H]1CCCN1. The van der Waals surface area contributed by atoms with Gasteiger partial charge in [0, 0.05) is 6.42 Å². The van der Waals surface area contributed by atoms with E-state index in [1.165, 1.54) is 0 Å². The minimum Gasteiger partial charge on any atom is -0.271 e. The second kappa shape index (κ2) is 2.53. The lowest BCUT2D eigenvalue weighted by molar-refractivity contribution is 0.483. The molecule has 2 atom stereocenters. The van der Waals surface area contributed by atoms with Crippen molar-refractivity contribution >= 4 is 8.03 Å². The maximum absolute atomic E-state index is 10.3. The first-order valence-electron chi connectivity index (χ1n) is 2.69. The van der Waals surface area contributed by atoms with Crippen LogP contribution in [-0.2, 0) is 4.57 Å². The van der Waals surface area contributed by atoms with Gasteiger partial charge >= 0.3 is 8.03 Å².